The summed E-state index contributed by atoms with van der Waals surface area (Å²) < 4.78 is 5.89. The molecule has 2 aliphatic rings. The summed E-state index contributed by atoms with van der Waals surface area (Å²) in [5.41, 5.74) is 1.42. The number of fused-ring (bicyclic) bond motifs is 5. The fraction of sp³-hybridized carbons (Fsp3) is 0.294. The molecule has 0 amide bonds. The van der Waals surface area contributed by atoms with Gasteiger partial charge in [0.2, 0.25) is 11.6 Å². The number of rotatable bonds is 0. The molecule has 2 aromatic rings. The lowest BCUT2D eigenvalue weighted by molar-refractivity contribution is -0.121. The molecule has 0 saturated carbocycles. The first-order chi connectivity index (χ1) is 9.66. The van der Waals surface area contributed by atoms with E-state index in [0.717, 1.165) is 16.3 Å². The lowest BCUT2D eigenvalue weighted by atomic mass is 9.77. The molecule has 0 bridgehead atoms. The number of ketones is 2. The molecule has 3 unspecified atom stereocenters. The maximum atomic E-state index is 12.5. The van der Waals surface area contributed by atoms with Crippen LogP contribution in [0.25, 0.3) is 10.8 Å². The molecule has 20 heavy (non-hydrogen) atoms. The fourth-order valence-corrected chi connectivity index (χ4v) is 3.49. The van der Waals surface area contributed by atoms with Gasteiger partial charge < -0.3 is 4.74 Å². The van der Waals surface area contributed by atoms with E-state index in [1.807, 2.05) is 43.3 Å². The second kappa shape index (κ2) is 4.00. The van der Waals surface area contributed by atoms with Gasteiger partial charge in [-0.05, 0) is 29.7 Å². The summed E-state index contributed by atoms with van der Waals surface area (Å²) in [5.74, 6) is -0.940. The van der Waals surface area contributed by atoms with Crippen LogP contribution in [0.2, 0.25) is 0 Å². The van der Waals surface area contributed by atoms with Gasteiger partial charge >= 0.3 is 0 Å². The van der Waals surface area contributed by atoms with Crippen LogP contribution in [0, 0.1) is 5.92 Å². The van der Waals surface area contributed by atoms with Gasteiger partial charge in [0.25, 0.3) is 0 Å². The van der Waals surface area contributed by atoms with Crippen LogP contribution in [-0.2, 0) is 9.53 Å². The summed E-state index contributed by atoms with van der Waals surface area (Å²) in [6, 6.07) is 11.6. The minimum absolute atomic E-state index is 0.0270. The predicted molar refractivity (Wildman–Crippen MR) is 74.7 cm³/mol. The molecule has 1 aliphatic carbocycles. The van der Waals surface area contributed by atoms with Gasteiger partial charge in [0.1, 0.15) is 0 Å². The molecular weight excluding hydrogens is 252 g/mol. The van der Waals surface area contributed by atoms with Crippen LogP contribution in [-0.4, -0.2) is 17.7 Å². The number of hydrogen-bond acceptors (Lipinski definition) is 3. The Labute approximate surface area is 116 Å². The maximum absolute atomic E-state index is 12.5. The third-order valence-electron chi connectivity index (χ3n) is 4.39. The highest BCUT2D eigenvalue weighted by molar-refractivity contribution is 6.47. The summed E-state index contributed by atoms with van der Waals surface area (Å²) in [5, 5.41) is 1.84. The van der Waals surface area contributed by atoms with Crippen LogP contribution < -0.4 is 0 Å². The molecule has 1 saturated heterocycles. The molecule has 4 rings (SSSR count). The summed E-state index contributed by atoms with van der Waals surface area (Å²) in [4.78, 5) is 24.8. The van der Waals surface area contributed by atoms with Gasteiger partial charge in [-0.3, -0.25) is 9.59 Å². The highest BCUT2D eigenvalue weighted by Gasteiger charge is 2.47. The predicted octanol–water partition coefficient (Wildman–Crippen LogP) is 3.07. The van der Waals surface area contributed by atoms with Crippen LogP contribution >= 0.6 is 0 Å². The molecule has 0 aromatic heterocycles. The molecule has 0 radical (unpaired) electrons. The van der Waals surface area contributed by atoms with Gasteiger partial charge in [-0.15, -0.1) is 0 Å². The Bertz CT molecular complexity index is 747. The van der Waals surface area contributed by atoms with E-state index < -0.39 is 0 Å². The van der Waals surface area contributed by atoms with Crippen molar-refractivity contribution in [3.63, 3.8) is 0 Å². The number of hydrogen-bond donors (Lipinski definition) is 0. The van der Waals surface area contributed by atoms with Gasteiger partial charge in [-0.1, -0.05) is 36.4 Å². The van der Waals surface area contributed by atoms with Gasteiger partial charge in [0, 0.05) is 5.56 Å². The highest BCUT2D eigenvalue weighted by atomic mass is 16.5. The van der Waals surface area contributed by atoms with Crippen molar-refractivity contribution in [1.29, 1.82) is 0 Å². The maximum Gasteiger partial charge on any atom is 0.229 e. The molecular formula is C17H14O3. The molecule has 100 valence electrons. The Kier molecular flexibility index (Phi) is 2.36. The number of carbonyl (C=O) groups is 2. The largest absolute Gasteiger partial charge is 0.370 e. The second-order valence-electron chi connectivity index (χ2n) is 5.65. The molecule has 1 heterocycles. The summed E-state index contributed by atoms with van der Waals surface area (Å²) in [6.07, 6.45) is 0.413. The molecule has 0 spiro atoms. The van der Waals surface area contributed by atoms with Gasteiger partial charge in [0.15, 0.2) is 0 Å². The summed E-state index contributed by atoms with van der Waals surface area (Å²) >= 11 is 0. The average Bonchev–Trinajstić information content (AvgIpc) is 2.86. The lowest BCUT2D eigenvalue weighted by Crippen LogP contribution is -2.33. The molecule has 3 heteroatoms. The van der Waals surface area contributed by atoms with Crippen molar-refractivity contribution in [2.75, 3.05) is 0 Å². The van der Waals surface area contributed by atoms with Gasteiger partial charge in [-0.25, -0.2) is 0 Å². The Morgan fingerprint density at radius 3 is 2.75 bits per heavy atom. The molecule has 1 fully saturated rings. The zero-order valence-corrected chi connectivity index (χ0v) is 11.1. The number of Topliss-reactive ketones (excluding diaryl/α,β-unsaturated/α-hetero) is 2. The zero-order chi connectivity index (χ0) is 13.9. The minimum Gasteiger partial charge on any atom is -0.370 e. The van der Waals surface area contributed by atoms with Crippen molar-refractivity contribution in [1.82, 2.24) is 0 Å². The van der Waals surface area contributed by atoms with E-state index in [0.29, 0.717) is 12.0 Å². The molecule has 2 aromatic carbocycles. The standard InChI is InChI=1S/C17H14O3/c1-9-8-13-15(18)16(19)14-11-5-3-2-4-10(11)6-7-12(14)17(13)20-9/h2-7,9,13,17H,8H2,1H3. The van der Waals surface area contributed by atoms with Crippen molar-refractivity contribution >= 4 is 22.3 Å². The first-order valence-electron chi connectivity index (χ1n) is 6.92. The normalized spacial score (nSPS) is 28.6. The number of carbonyl (C=O) groups excluding carboxylic acids is 2. The first-order valence-corrected chi connectivity index (χ1v) is 6.92. The monoisotopic (exact) mass is 266 g/mol. The fourth-order valence-electron chi connectivity index (χ4n) is 3.49. The third-order valence-corrected chi connectivity index (χ3v) is 4.39. The van der Waals surface area contributed by atoms with E-state index in [-0.39, 0.29) is 29.7 Å². The van der Waals surface area contributed by atoms with Crippen LogP contribution in [0.5, 0.6) is 0 Å². The summed E-state index contributed by atoms with van der Waals surface area (Å²) in [7, 11) is 0. The van der Waals surface area contributed by atoms with Gasteiger partial charge in [0.05, 0.1) is 18.1 Å². The van der Waals surface area contributed by atoms with E-state index >= 15 is 0 Å². The Morgan fingerprint density at radius 2 is 1.90 bits per heavy atom. The topological polar surface area (TPSA) is 43.4 Å². The number of ether oxygens (including phenoxy) is 1. The van der Waals surface area contributed by atoms with Crippen molar-refractivity contribution in [3.8, 4) is 0 Å². The highest BCUT2D eigenvalue weighted by Crippen LogP contribution is 2.45. The van der Waals surface area contributed by atoms with E-state index in [9.17, 15) is 9.59 Å². The second-order valence-corrected chi connectivity index (χ2v) is 5.65. The SMILES string of the molecule is CC1CC2C(=O)C(=O)c3c(ccc4ccccc34)C2O1. The van der Waals surface area contributed by atoms with E-state index in [1.54, 1.807) is 0 Å². The van der Waals surface area contributed by atoms with Crippen molar-refractivity contribution in [2.24, 2.45) is 5.92 Å². The average molecular weight is 266 g/mol. The molecule has 0 N–H and O–H groups in total. The lowest BCUT2D eigenvalue weighted by Gasteiger charge is -2.26. The minimum atomic E-state index is -0.351. The molecule has 1 aliphatic heterocycles. The van der Waals surface area contributed by atoms with Crippen molar-refractivity contribution < 1.29 is 14.3 Å². The molecule has 3 atom stereocenters. The van der Waals surface area contributed by atoms with Crippen molar-refractivity contribution in [2.45, 2.75) is 25.6 Å². The zero-order valence-electron chi connectivity index (χ0n) is 11.1. The van der Waals surface area contributed by atoms with E-state index in [1.165, 1.54) is 0 Å². The third kappa shape index (κ3) is 1.44. The summed E-state index contributed by atoms with van der Waals surface area (Å²) in [6.45, 7) is 1.96. The van der Waals surface area contributed by atoms with Crippen LogP contribution in [0.15, 0.2) is 36.4 Å². The van der Waals surface area contributed by atoms with Crippen LogP contribution in [0.3, 0.4) is 0 Å². The van der Waals surface area contributed by atoms with Gasteiger partial charge in [-0.2, -0.15) is 0 Å². The molecule has 3 nitrogen and oxygen atoms in total. The van der Waals surface area contributed by atoms with Crippen LogP contribution in [0.4, 0.5) is 0 Å². The Hall–Kier alpha value is -2.00. The smallest absolute Gasteiger partial charge is 0.229 e. The number of benzene rings is 2. The van der Waals surface area contributed by atoms with Crippen molar-refractivity contribution in [3.05, 3.63) is 47.5 Å². The van der Waals surface area contributed by atoms with E-state index in [4.69, 9.17) is 4.74 Å². The Morgan fingerprint density at radius 1 is 1.10 bits per heavy atom. The van der Waals surface area contributed by atoms with E-state index in [2.05, 4.69) is 0 Å². The van der Waals surface area contributed by atoms with Crippen LogP contribution in [0.1, 0.15) is 35.4 Å². The first kappa shape index (κ1) is 11.8. The quantitative estimate of drug-likeness (QED) is 0.688. The Balaban J connectivity index is 2.03.